The molecule has 0 aliphatic heterocycles. The summed E-state index contributed by atoms with van der Waals surface area (Å²) in [7, 11) is -4.08. The van der Waals surface area contributed by atoms with Gasteiger partial charge >= 0.3 is 0 Å². The van der Waals surface area contributed by atoms with Crippen molar-refractivity contribution in [3.63, 3.8) is 0 Å². The minimum atomic E-state index is -4.08. The predicted molar refractivity (Wildman–Crippen MR) is 159 cm³/mol. The van der Waals surface area contributed by atoms with Gasteiger partial charge in [0.1, 0.15) is 12.6 Å². The number of nitrogens with zero attached hydrogens (tertiary/aromatic N) is 2. The van der Waals surface area contributed by atoms with Crippen LogP contribution < -0.4 is 9.62 Å². The van der Waals surface area contributed by atoms with E-state index in [-0.39, 0.29) is 17.3 Å². The maximum absolute atomic E-state index is 13.9. The molecule has 3 aromatic carbocycles. The van der Waals surface area contributed by atoms with Gasteiger partial charge in [0.25, 0.3) is 10.0 Å². The van der Waals surface area contributed by atoms with Crippen LogP contribution in [-0.2, 0) is 26.2 Å². The van der Waals surface area contributed by atoms with Crippen molar-refractivity contribution in [2.45, 2.75) is 58.0 Å². The van der Waals surface area contributed by atoms with E-state index in [1.807, 2.05) is 51.1 Å². The number of halogens is 1. The monoisotopic (exact) mass is 613 g/mol. The minimum Gasteiger partial charge on any atom is -0.354 e. The van der Waals surface area contributed by atoms with Crippen LogP contribution in [0.2, 0.25) is 0 Å². The average molecular weight is 615 g/mol. The number of anilines is 1. The summed E-state index contributed by atoms with van der Waals surface area (Å²) in [6.07, 6.45) is 1.76. The summed E-state index contributed by atoms with van der Waals surface area (Å²) < 4.78 is 29.7. The molecule has 2 amide bonds. The lowest BCUT2D eigenvalue weighted by molar-refractivity contribution is -0.139. The van der Waals surface area contributed by atoms with Crippen molar-refractivity contribution in [1.29, 1.82) is 0 Å². The van der Waals surface area contributed by atoms with Crippen LogP contribution in [-0.4, -0.2) is 44.3 Å². The second-order valence-corrected chi connectivity index (χ2v) is 12.4. The van der Waals surface area contributed by atoms with Crippen LogP contribution in [0.4, 0.5) is 5.69 Å². The molecule has 0 heterocycles. The van der Waals surface area contributed by atoms with E-state index in [0.717, 1.165) is 38.3 Å². The van der Waals surface area contributed by atoms with Gasteiger partial charge in [0.15, 0.2) is 0 Å². The Balaban J connectivity index is 1.99. The van der Waals surface area contributed by atoms with Crippen molar-refractivity contribution in [2.24, 2.45) is 0 Å². The molecule has 0 radical (unpaired) electrons. The fourth-order valence-electron chi connectivity index (χ4n) is 4.05. The van der Waals surface area contributed by atoms with Crippen molar-refractivity contribution in [3.05, 3.63) is 94.0 Å². The fourth-order valence-corrected chi connectivity index (χ4v) is 5.72. The number of aryl methyl sites for hydroxylation is 2. The highest BCUT2D eigenvalue weighted by molar-refractivity contribution is 9.10. The maximum atomic E-state index is 13.9. The number of hydrogen-bond acceptors (Lipinski definition) is 4. The molecule has 0 aromatic heterocycles. The number of sulfonamides is 1. The Morgan fingerprint density at radius 1 is 0.949 bits per heavy atom. The van der Waals surface area contributed by atoms with E-state index < -0.39 is 28.5 Å². The van der Waals surface area contributed by atoms with E-state index in [9.17, 15) is 18.0 Å². The lowest BCUT2D eigenvalue weighted by Gasteiger charge is -2.32. The summed E-state index contributed by atoms with van der Waals surface area (Å²) in [6.45, 7) is 7.66. The van der Waals surface area contributed by atoms with E-state index in [4.69, 9.17) is 0 Å². The topological polar surface area (TPSA) is 86.8 Å². The van der Waals surface area contributed by atoms with Gasteiger partial charge < -0.3 is 10.2 Å². The van der Waals surface area contributed by atoms with Gasteiger partial charge in [0.05, 0.1) is 10.6 Å². The molecule has 7 nitrogen and oxygen atoms in total. The van der Waals surface area contributed by atoms with Gasteiger partial charge in [-0.25, -0.2) is 8.42 Å². The lowest BCUT2D eigenvalue weighted by Crippen LogP contribution is -2.51. The Kier molecular flexibility index (Phi) is 10.7. The molecule has 0 bridgehead atoms. The second-order valence-electron chi connectivity index (χ2n) is 9.63. The molecule has 9 heteroatoms. The number of hydrogen-bond donors (Lipinski definition) is 1. The predicted octanol–water partition coefficient (Wildman–Crippen LogP) is 5.59. The summed E-state index contributed by atoms with van der Waals surface area (Å²) in [5.41, 5.74) is 2.99. The normalized spacial score (nSPS) is 12.0. The molecule has 1 atom stereocenters. The van der Waals surface area contributed by atoms with E-state index in [1.165, 1.54) is 4.90 Å². The smallest absolute Gasteiger partial charge is 0.264 e. The van der Waals surface area contributed by atoms with Crippen molar-refractivity contribution < 1.29 is 18.0 Å². The number of amides is 2. The van der Waals surface area contributed by atoms with Crippen molar-refractivity contribution in [3.8, 4) is 0 Å². The van der Waals surface area contributed by atoms with Crippen LogP contribution in [0.25, 0.3) is 0 Å². The number of rotatable bonds is 12. The molecule has 0 spiro atoms. The molecule has 1 N–H and O–H groups in total. The summed E-state index contributed by atoms with van der Waals surface area (Å²) in [6, 6.07) is 20.2. The molecule has 0 saturated heterocycles. The minimum absolute atomic E-state index is 0.0900. The Morgan fingerprint density at radius 2 is 1.62 bits per heavy atom. The number of benzene rings is 3. The van der Waals surface area contributed by atoms with Gasteiger partial charge in [-0.05, 0) is 74.7 Å². The van der Waals surface area contributed by atoms with Crippen molar-refractivity contribution >= 4 is 43.5 Å². The molecule has 3 aromatic rings. The van der Waals surface area contributed by atoms with Gasteiger partial charge in [-0.3, -0.25) is 13.9 Å². The first-order valence-corrected chi connectivity index (χ1v) is 15.2. The number of carbonyl (C=O) groups excluding carboxylic acids is 2. The zero-order valence-corrected chi connectivity index (χ0v) is 25.3. The Morgan fingerprint density at radius 3 is 2.23 bits per heavy atom. The zero-order valence-electron chi connectivity index (χ0n) is 22.9. The van der Waals surface area contributed by atoms with Crippen molar-refractivity contribution in [2.75, 3.05) is 17.4 Å². The molecule has 39 heavy (non-hydrogen) atoms. The Labute approximate surface area is 240 Å². The average Bonchev–Trinajstić information content (AvgIpc) is 2.91. The van der Waals surface area contributed by atoms with E-state index in [1.54, 1.807) is 49.4 Å². The third-order valence-electron chi connectivity index (χ3n) is 6.44. The van der Waals surface area contributed by atoms with Gasteiger partial charge in [-0.1, -0.05) is 71.2 Å². The Bertz CT molecular complexity index is 1380. The largest absolute Gasteiger partial charge is 0.354 e. The maximum Gasteiger partial charge on any atom is 0.264 e. The molecule has 0 aliphatic carbocycles. The highest BCUT2D eigenvalue weighted by Gasteiger charge is 2.32. The van der Waals surface area contributed by atoms with Crippen LogP contribution in [0.1, 0.15) is 43.4 Å². The van der Waals surface area contributed by atoms with Gasteiger partial charge in [-0.2, -0.15) is 0 Å². The van der Waals surface area contributed by atoms with Gasteiger partial charge in [-0.15, -0.1) is 0 Å². The van der Waals surface area contributed by atoms with E-state index in [0.29, 0.717) is 12.2 Å². The second kappa shape index (κ2) is 13.8. The molecule has 3 rings (SSSR count). The Hall–Kier alpha value is -3.17. The van der Waals surface area contributed by atoms with Crippen molar-refractivity contribution in [1.82, 2.24) is 10.2 Å². The number of carbonyl (C=O) groups is 2. The number of unbranched alkanes of at least 4 members (excludes halogenated alkanes) is 1. The third-order valence-corrected chi connectivity index (χ3v) is 8.76. The van der Waals surface area contributed by atoms with Crippen LogP contribution in [0.5, 0.6) is 0 Å². The summed E-state index contributed by atoms with van der Waals surface area (Å²) in [5, 5.41) is 2.90. The molecule has 208 valence electrons. The molecular weight excluding hydrogens is 578 g/mol. The highest BCUT2D eigenvalue weighted by Crippen LogP contribution is 2.26. The number of nitrogens with one attached hydrogen (secondary N) is 1. The van der Waals surface area contributed by atoms with Crippen LogP contribution in [0.15, 0.2) is 82.2 Å². The first kappa shape index (κ1) is 30.4. The fraction of sp³-hybridized carbons (Fsp3) is 0.333. The standard InChI is InChI=1S/C30H36BrN3O4S/c1-5-6-18-32-30(36)24(4)33(20-25-12-14-26(31)15-13-25)29(35)21-34(27-9-7-8-23(3)19-27)39(37,38)28-16-10-22(2)11-17-28/h7-17,19,24H,5-6,18,20-21H2,1-4H3,(H,32,36)/t24-/m0/s1. The van der Waals surface area contributed by atoms with Crippen LogP contribution in [0, 0.1) is 13.8 Å². The van der Waals surface area contributed by atoms with Crippen LogP contribution in [0.3, 0.4) is 0 Å². The highest BCUT2D eigenvalue weighted by atomic mass is 79.9. The van der Waals surface area contributed by atoms with Gasteiger partial charge in [0.2, 0.25) is 11.8 Å². The molecule has 0 saturated carbocycles. The molecule has 0 aliphatic rings. The third kappa shape index (κ3) is 8.16. The van der Waals surface area contributed by atoms with E-state index >= 15 is 0 Å². The first-order chi connectivity index (χ1) is 18.5. The summed E-state index contributed by atoms with van der Waals surface area (Å²) in [5.74, 6) is -0.759. The van der Waals surface area contributed by atoms with E-state index in [2.05, 4.69) is 21.2 Å². The molecule has 0 fully saturated rings. The first-order valence-electron chi connectivity index (χ1n) is 13.0. The zero-order chi connectivity index (χ0) is 28.6. The SMILES string of the molecule is CCCCNC(=O)[C@H](C)N(Cc1ccc(Br)cc1)C(=O)CN(c1cccc(C)c1)S(=O)(=O)c1ccc(C)cc1. The molecule has 0 unspecified atom stereocenters. The summed E-state index contributed by atoms with van der Waals surface area (Å²) in [4.78, 5) is 28.5. The van der Waals surface area contributed by atoms with Gasteiger partial charge in [0, 0.05) is 17.6 Å². The summed E-state index contributed by atoms with van der Waals surface area (Å²) >= 11 is 3.42. The lowest BCUT2D eigenvalue weighted by atomic mass is 10.1. The van der Waals surface area contributed by atoms with Crippen LogP contribution >= 0.6 is 15.9 Å². The molecular formula is C30H36BrN3O4S. The quantitative estimate of drug-likeness (QED) is 0.270.